The summed E-state index contributed by atoms with van der Waals surface area (Å²) in [6.45, 7) is 0. The Labute approximate surface area is 121 Å². The van der Waals surface area contributed by atoms with Crippen LogP contribution < -0.4 is 5.73 Å². The van der Waals surface area contributed by atoms with E-state index in [4.69, 9.17) is 5.73 Å². The van der Waals surface area contributed by atoms with Crippen LogP contribution in [0.5, 0.6) is 0 Å². The van der Waals surface area contributed by atoms with E-state index in [0.29, 0.717) is 0 Å². The fourth-order valence-electron chi connectivity index (χ4n) is 1.23. The highest BCUT2D eigenvalue weighted by Gasteiger charge is 2.18. The molecular formula is C9H6Br3NS2. The second-order valence-electron chi connectivity index (χ2n) is 2.89. The van der Waals surface area contributed by atoms with Crippen LogP contribution in [-0.4, -0.2) is 0 Å². The predicted molar refractivity (Wildman–Crippen MR) is 77.8 cm³/mol. The lowest BCUT2D eigenvalue weighted by Gasteiger charge is -2.09. The summed E-state index contributed by atoms with van der Waals surface area (Å²) in [6, 6.07) is 4.01. The summed E-state index contributed by atoms with van der Waals surface area (Å²) in [4.78, 5) is 1.15. The molecule has 6 heteroatoms. The van der Waals surface area contributed by atoms with Crippen molar-refractivity contribution >= 4 is 70.5 Å². The second-order valence-corrected chi connectivity index (χ2v) is 8.44. The van der Waals surface area contributed by atoms with Crippen LogP contribution in [0.15, 0.2) is 29.6 Å². The Bertz CT molecular complexity index is 477. The Balaban J connectivity index is 2.40. The standard InChI is InChI=1S/C9H6Br3NS2/c10-5-1-2-14-8(5)7(13)4-3-6(11)15-9(4)12/h1-3,7H,13H2. The third-order valence-corrected chi connectivity index (χ3v) is 6.28. The molecule has 0 saturated carbocycles. The average molecular weight is 432 g/mol. The van der Waals surface area contributed by atoms with Crippen molar-refractivity contribution < 1.29 is 0 Å². The lowest BCUT2D eigenvalue weighted by atomic mass is 10.1. The van der Waals surface area contributed by atoms with E-state index in [2.05, 4.69) is 53.9 Å². The maximum absolute atomic E-state index is 6.21. The number of nitrogens with two attached hydrogens (primary N) is 1. The molecule has 0 spiro atoms. The van der Waals surface area contributed by atoms with Crippen molar-refractivity contribution in [2.45, 2.75) is 6.04 Å². The zero-order valence-corrected chi connectivity index (χ0v) is 13.7. The van der Waals surface area contributed by atoms with Gasteiger partial charge in [0.25, 0.3) is 0 Å². The molecule has 2 aromatic rings. The molecule has 0 aromatic carbocycles. The van der Waals surface area contributed by atoms with Gasteiger partial charge >= 0.3 is 0 Å². The van der Waals surface area contributed by atoms with Gasteiger partial charge in [0.15, 0.2) is 0 Å². The summed E-state index contributed by atoms with van der Waals surface area (Å²) >= 11 is 13.8. The third-order valence-electron chi connectivity index (χ3n) is 1.95. The topological polar surface area (TPSA) is 26.0 Å². The van der Waals surface area contributed by atoms with Crippen LogP contribution in [0, 0.1) is 0 Å². The van der Waals surface area contributed by atoms with E-state index in [9.17, 15) is 0 Å². The molecule has 80 valence electrons. The largest absolute Gasteiger partial charge is 0.320 e. The van der Waals surface area contributed by atoms with Crippen LogP contribution in [-0.2, 0) is 0 Å². The average Bonchev–Trinajstić information content (AvgIpc) is 2.71. The molecule has 0 fully saturated rings. The summed E-state index contributed by atoms with van der Waals surface area (Å²) in [5.41, 5.74) is 7.33. The van der Waals surface area contributed by atoms with E-state index < -0.39 is 0 Å². The summed E-state index contributed by atoms with van der Waals surface area (Å²) in [6.07, 6.45) is 0. The van der Waals surface area contributed by atoms with Crippen LogP contribution in [0.1, 0.15) is 16.5 Å². The van der Waals surface area contributed by atoms with Crippen LogP contribution in [0.2, 0.25) is 0 Å². The first-order valence-corrected chi connectivity index (χ1v) is 8.10. The van der Waals surface area contributed by atoms with Gasteiger partial charge in [0.1, 0.15) is 0 Å². The van der Waals surface area contributed by atoms with Crippen molar-refractivity contribution in [2.75, 3.05) is 0 Å². The summed E-state index contributed by atoms with van der Waals surface area (Å²) in [7, 11) is 0. The highest BCUT2D eigenvalue weighted by atomic mass is 79.9. The van der Waals surface area contributed by atoms with Crippen LogP contribution in [0.4, 0.5) is 0 Å². The highest BCUT2D eigenvalue weighted by molar-refractivity contribution is 9.12. The van der Waals surface area contributed by atoms with Gasteiger partial charge in [-0.1, -0.05) is 0 Å². The zero-order valence-electron chi connectivity index (χ0n) is 7.34. The molecule has 2 aromatic heterocycles. The molecule has 2 N–H and O–H groups in total. The minimum absolute atomic E-state index is 0.0729. The van der Waals surface area contributed by atoms with Gasteiger partial charge in [0.05, 0.1) is 13.6 Å². The second kappa shape index (κ2) is 4.98. The lowest BCUT2D eigenvalue weighted by molar-refractivity contribution is 0.890. The van der Waals surface area contributed by atoms with Crippen molar-refractivity contribution in [3.8, 4) is 0 Å². The van der Waals surface area contributed by atoms with Gasteiger partial charge in [-0.15, -0.1) is 22.7 Å². The normalized spacial score (nSPS) is 13.1. The predicted octanol–water partition coefficient (Wildman–Crippen LogP) is 5.15. The van der Waals surface area contributed by atoms with E-state index in [1.165, 1.54) is 0 Å². The van der Waals surface area contributed by atoms with Crippen molar-refractivity contribution in [1.82, 2.24) is 0 Å². The number of thiophene rings is 2. The van der Waals surface area contributed by atoms with E-state index in [1.54, 1.807) is 22.7 Å². The quantitative estimate of drug-likeness (QED) is 0.699. The Morgan fingerprint density at radius 3 is 2.47 bits per heavy atom. The van der Waals surface area contributed by atoms with Crippen LogP contribution in [0.3, 0.4) is 0 Å². The maximum Gasteiger partial charge on any atom is 0.0761 e. The van der Waals surface area contributed by atoms with Gasteiger partial charge in [-0.25, -0.2) is 0 Å². The lowest BCUT2D eigenvalue weighted by Crippen LogP contribution is -2.10. The molecule has 0 aliphatic carbocycles. The molecule has 0 amide bonds. The SMILES string of the molecule is NC(c1cc(Br)sc1Br)c1sccc1Br. The summed E-state index contributed by atoms with van der Waals surface area (Å²) < 4.78 is 3.25. The molecular weight excluding hydrogens is 426 g/mol. The maximum atomic E-state index is 6.21. The Morgan fingerprint density at radius 1 is 1.27 bits per heavy atom. The first-order chi connectivity index (χ1) is 7.09. The fraction of sp³-hybridized carbons (Fsp3) is 0.111. The van der Waals surface area contributed by atoms with Crippen molar-refractivity contribution in [1.29, 1.82) is 0 Å². The summed E-state index contributed by atoms with van der Waals surface area (Å²) in [5, 5.41) is 2.04. The fourth-order valence-corrected chi connectivity index (χ4v) is 5.80. The van der Waals surface area contributed by atoms with Crippen molar-refractivity contribution in [2.24, 2.45) is 5.73 Å². The van der Waals surface area contributed by atoms with E-state index in [1.807, 2.05) is 11.4 Å². The van der Waals surface area contributed by atoms with Gasteiger partial charge in [0.2, 0.25) is 0 Å². The Hall–Kier alpha value is 0.800. The van der Waals surface area contributed by atoms with E-state index in [0.717, 1.165) is 22.5 Å². The van der Waals surface area contributed by atoms with Crippen LogP contribution >= 0.6 is 70.5 Å². The molecule has 0 aliphatic heterocycles. The van der Waals surface area contributed by atoms with Gasteiger partial charge in [-0.2, -0.15) is 0 Å². The Kier molecular flexibility index (Phi) is 4.07. The molecule has 2 rings (SSSR count). The molecule has 2 heterocycles. The van der Waals surface area contributed by atoms with Gasteiger partial charge in [-0.3, -0.25) is 0 Å². The highest BCUT2D eigenvalue weighted by Crippen LogP contribution is 2.39. The molecule has 0 radical (unpaired) electrons. The van der Waals surface area contributed by atoms with Gasteiger partial charge in [-0.05, 0) is 65.3 Å². The third kappa shape index (κ3) is 2.56. The zero-order chi connectivity index (χ0) is 11.0. The van der Waals surface area contributed by atoms with E-state index in [-0.39, 0.29) is 6.04 Å². The molecule has 1 unspecified atom stereocenters. The molecule has 1 atom stereocenters. The number of hydrogen-bond donors (Lipinski definition) is 1. The van der Waals surface area contributed by atoms with Crippen molar-refractivity contribution in [3.63, 3.8) is 0 Å². The first-order valence-electron chi connectivity index (χ1n) is 4.03. The number of halogens is 3. The molecule has 0 bridgehead atoms. The minimum atomic E-state index is -0.0729. The molecule has 0 aliphatic rings. The summed E-state index contributed by atoms with van der Waals surface area (Å²) in [5.74, 6) is 0. The van der Waals surface area contributed by atoms with Gasteiger partial charge in [0, 0.05) is 14.9 Å². The first kappa shape index (κ1) is 12.3. The number of hydrogen-bond acceptors (Lipinski definition) is 3. The van der Waals surface area contributed by atoms with E-state index >= 15 is 0 Å². The molecule has 1 nitrogen and oxygen atoms in total. The smallest absolute Gasteiger partial charge is 0.0761 e. The molecule has 15 heavy (non-hydrogen) atoms. The number of rotatable bonds is 2. The minimum Gasteiger partial charge on any atom is -0.320 e. The monoisotopic (exact) mass is 429 g/mol. The van der Waals surface area contributed by atoms with Gasteiger partial charge < -0.3 is 5.73 Å². The Morgan fingerprint density at radius 2 is 2.00 bits per heavy atom. The van der Waals surface area contributed by atoms with Crippen LogP contribution in [0.25, 0.3) is 0 Å². The van der Waals surface area contributed by atoms with Crippen molar-refractivity contribution in [3.05, 3.63) is 40.0 Å². The molecule has 0 saturated heterocycles.